The molecule has 7 heteroatoms. The minimum Gasteiger partial charge on any atom is -0.483 e. The SMILES string of the molecule is CC[C@H](C)NC(=O)[C@H](Cc1ccccc1)N(Cc1ccc(F)cc1)C(=O)COc1ccc2ccccc2c1Br. The number of hydrogen-bond donors (Lipinski definition) is 1. The van der Waals surface area contributed by atoms with Crippen molar-refractivity contribution in [3.8, 4) is 5.75 Å². The molecule has 4 aromatic carbocycles. The fourth-order valence-corrected chi connectivity index (χ4v) is 4.94. The van der Waals surface area contributed by atoms with Gasteiger partial charge in [-0.2, -0.15) is 0 Å². The van der Waals surface area contributed by atoms with Gasteiger partial charge >= 0.3 is 0 Å². The van der Waals surface area contributed by atoms with Crippen LogP contribution in [0.1, 0.15) is 31.4 Å². The Labute approximate surface area is 237 Å². The van der Waals surface area contributed by atoms with Crippen LogP contribution in [-0.2, 0) is 22.6 Å². The molecule has 1 N–H and O–H groups in total. The number of benzene rings is 4. The predicted molar refractivity (Wildman–Crippen MR) is 156 cm³/mol. The molecule has 4 aromatic rings. The summed E-state index contributed by atoms with van der Waals surface area (Å²) in [6.07, 6.45) is 1.09. The molecule has 2 atom stereocenters. The number of nitrogens with zero attached hydrogens (tertiary/aromatic N) is 1. The van der Waals surface area contributed by atoms with Crippen molar-refractivity contribution >= 4 is 38.5 Å². The van der Waals surface area contributed by atoms with Gasteiger partial charge in [-0.1, -0.05) is 79.7 Å². The lowest BCUT2D eigenvalue weighted by Gasteiger charge is -2.32. The van der Waals surface area contributed by atoms with Gasteiger partial charge in [-0.3, -0.25) is 9.59 Å². The molecule has 2 amide bonds. The Morgan fingerprint density at radius 1 is 0.923 bits per heavy atom. The van der Waals surface area contributed by atoms with Gasteiger partial charge in [-0.05, 0) is 69.4 Å². The van der Waals surface area contributed by atoms with E-state index in [-0.39, 0.29) is 36.8 Å². The topological polar surface area (TPSA) is 58.6 Å². The average molecular weight is 592 g/mol. The zero-order chi connectivity index (χ0) is 27.8. The minimum absolute atomic E-state index is 0.0525. The molecule has 5 nitrogen and oxygen atoms in total. The molecule has 0 aliphatic carbocycles. The predicted octanol–water partition coefficient (Wildman–Crippen LogP) is 6.68. The highest BCUT2D eigenvalue weighted by Gasteiger charge is 2.31. The van der Waals surface area contributed by atoms with Crippen LogP contribution in [0, 0.1) is 5.82 Å². The van der Waals surface area contributed by atoms with Crippen LogP contribution >= 0.6 is 15.9 Å². The third-order valence-corrected chi connectivity index (χ3v) is 7.54. The Morgan fingerprint density at radius 3 is 2.33 bits per heavy atom. The lowest BCUT2D eigenvalue weighted by Crippen LogP contribution is -2.53. The van der Waals surface area contributed by atoms with E-state index in [0.29, 0.717) is 17.7 Å². The van der Waals surface area contributed by atoms with Gasteiger partial charge in [0.25, 0.3) is 5.91 Å². The van der Waals surface area contributed by atoms with Crippen LogP contribution < -0.4 is 10.1 Å². The summed E-state index contributed by atoms with van der Waals surface area (Å²) in [6, 6.07) is 26.4. The molecule has 0 spiro atoms. The maximum absolute atomic E-state index is 13.8. The van der Waals surface area contributed by atoms with Crippen LogP contribution in [0.3, 0.4) is 0 Å². The molecule has 0 saturated heterocycles. The maximum atomic E-state index is 13.8. The molecule has 0 fully saturated rings. The fourth-order valence-electron chi connectivity index (χ4n) is 4.33. The number of carbonyl (C=O) groups is 2. The van der Waals surface area contributed by atoms with Gasteiger partial charge in [0.2, 0.25) is 5.91 Å². The second-order valence-electron chi connectivity index (χ2n) is 9.56. The second kappa shape index (κ2) is 13.4. The molecule has 0 bridgehead atoms. The molecular formula is C32H32BrFN2O3. The largest absolute Gasteiger partial charge is 0.483 e. The van der Waals surface area contributed by atoms with E-state index < -0.39 is 6.04 Å². The molecule has 4 rings (SSSR count). The Balaban J connectivity index is 1.64. The van der Waals surface area contributed by atoms with Crippen molar-refractivity contribution < 1.29 is 18.7 Å². The number of fused-ring (bicyclic) bond motifs is 1. The molecule has 0 heterocycles. The number of halogens is 2. The van der Waals surface area contributed by atoms with Crippen molar-refractivity contribution in [1.29, 1.82) is 0 Å². The first-order valence-corrected chi connectivity index (χ1v) is 13.8. The minimum atomic E-state index is -0.789. The summed E-state index contributed by atoms with van der Waals surface area (Å²) < 4.78 is 20.4. The summed E-state index contributed by atoms with van der Waals surface area (Å²) in [7, 11) is 0. The van der Waals surface area contributed by atoms with Gasteiger partial charge in [0, 0.05) is 19.0 Å². The molecule has 0 aliphatic heterocycles. The molecule has 0 aliphatic rings. The van der Waals surface area contributed by atoms with Gasteiger partial charge in [-0.25, -0.2) is 4.39 Å². The smallest absolute Gasteiger partial charge is 0.261 e. The Bertz CT molecular complexity index is 1410. The van der Waals surface area contributed by atoms with Crippen LogP contribution in [0.2, 0.25) is 0 Å². The number of amides is 2. The van der Waals surface area contributed by atoms with Crippen molar-refractivity contribution in [2.45, 2.75) is 45.3 Å². The first kappa shape index (κ1) is 28.3. The third kappa shape index (κ3) is 7.45. The summed E-state index contributed by atoms with van der Waals surface area (Å²) in [5.41, 5.74) is 1.64. The second-order valence-corrected chi connectivity index (χ2v) is 10.4. The van der Waals surface area contributed by atoms with Crippen LogP contribution in [-0.4, -0.2) is 35.4 Å². The van der Waals surface area contributed by atoms with E-state index in [1.54, 1.807) is 12.1 Å². The van der Waals surface area contributed by atoms with Gasteiger partial charge in [0.1, 0.15) is 17.6 Å². The maximum Gasteiger partial charge on any atom is 0.261 e. The Morgan fingerprint density at radius 2 is 1.62 bits per heavy atom. The van der Waals surface area contributed by atoms with Gasteiger partial charge in [-0.15, -0.1) is 0 Å². The van der Waals surface area contributed by atoms with Crippen LogP contribution in [0.15, 0.2) is 95.5 Å². The van der Waals surface area contributed by atoms with Gasteiger partial charge in [0.15, 0.2) is 6.61 Å². The highest BCUT2D eigenvalue weighted by atomic mass is 79.9. The number of ether oxygens (including phenoxy) is 1. The van der Waals surface area contributed by atoms with Crippen molar-refractivity contribution in [3.05, 3.63) is 112 Å². The summed E-state index contributed by atoms with van der Waals surface area (Å²) in [4.78, 5) is 28.9. The summed E-state index contributed by atoms with van der Waals surface area (Å²) in [6.45, 7) is 3.80. The van der Waals surface area contributed by atoms with E-state index in [0.717, 1.165) is 27.2 Å². The monoisotopic (exact) mass is 590 g/mol. The first-order chi connectivity index (χ1) is 18.9. The Hall–Kier alpha value is -3.71. The summed E-state index contributed by atoms with van der Waals surface area (Å²) in [5, 5.41) is 5.06. The summed E-state index contributed by atoms with van der Waals surface area (Å²) in [5.74, 6) is -0.418. The van der Waals surface area contributed by atoms with Crippen LogP contribution in [0.4, 0.5) is 4.39 Å². The first-order valence-electron chi connectivity index (χ1n) is 13.0. The molecule has 0 unspecified atom stereocenters. The molecular weight excluding hydrogens is 559 g/mol. The van der Waals surface area contributed by atoms with Gasteiger partial charge in [0.05, 0.1) is 4.47 Å². The van der Waals surface area contributed by atoms with Crippen molar-refractivity contribution in [2.75, 3.05) is 6.61 Å². The highest BCUT2D eigenvalue weighted by molar-refractivity contribution is 9.10. The molecule has 0 aromatic heterocycles. The zero-order valence-electron chi connectivity index (χ0n) is 22.1. The van der Waals surface area contributed by atoms with Crippen molar-refractivity contribution in [1.82, 2.24) is 10.2 Å². The highest BCUT2D eigenvalue weighted by Crippen LogP contribution is 2.33. The van der Waals surface area contributed by atoms with E-state index in [1.807, 2.05) is 80.6 Å². The lowest BCUT2D eigenvalue weighted by atomic mass is 10.0. The van der Waals surface area contributed by atoms with E-state index in [9.17, 15) is 14.0 Å². The number of carbonyl (C=O) groups excluding carboxylic acids is 2. The van der Waals surface area contributed by atoms with E-state index in [2.05, 4.69) is 21.2 Å². The van der Waals surface area contributed by atoms with Gasteiger partial charge < -0.3 is 15.0 Å². The standard InChI is InChI=1S/C32H32BrFN2O3/c1-3-22(2)35-32(38)28(19-23-9-5-4-6-10-23)36(20-24-13-16-26(34)17-14-24)30(37)21-39-29-18-15-25-11-7-8-12-27(25)31(29)33/h4-18,22,28H,3,19-21H2,1-2H3,(H,35,38)/t22-,28-/m0/s1. The van der Waals surface area contributed by atoms with Crippen molar-refractivity contribution in [2.24, 2.45) is 0 Å². The van der Waals surface area contributed by atoms with Crippen LogP contribution in [0.25, 0.3) is 10.8 Å². The number of nitrogens with one attached hydrogen (secondary N) is 1. The summed E-state index contributed by atoms with van der Waals surface area (Å²) >= 11 is 3.61. The van der Waals surface area contributed by atoms with E-state index in [1.165, 1.54) is 17.0 Å². The normalized spacial score (nSPS) is 12.5. The lowest BCUT2D eigenvalue weighted by molar-refractivity contribution is -0.143. The Kier molecular flexibility index (Phi) is 9.71. The average Bonchev–Trinajstić information content (AvgIpc) is 2.96. The molecule has 0 radical (unpaired) electrons. The van der Waals surface area contributed by atoms with E-state index in [4.69, 9.17) is 4.74 Å². The molecule has 0 saturated carbocycles. The zero-order valence-corrected chi connectivity index (χ0v) is 23.7. The number of rotatable bonds is 11. The third-order valence-electron chi connectivity index (χ3n) is 6.72. The van der Waals surface area contributed by atoms with E-state index >= 15 is 0 Å². The molecule has 202 valence electrons. The molecule has 39 heavy (non-hydrogen) atoms. The fraction of sp³-hybridized carbons (Fsp3) is 0.250. The van der Waals surface area contributed by atoms with Crippen molar-refractivity contribution in [3.63, 3.8) is 0 Å². The quantitative estimate of drug-likeness (QED) is 0.212. The van der Waals surface area contributed by atoms with Crippen LogP contribution in [0.5, 0.6) is 5.75 Å². The number of hydrogen-bond acceptors (Lipinski definition) is 3.